The molecule has 26 heavy (non-hydrogen) atoms. The molecular weight excluding hydrogens is 332 g/mol. The summed E-state index contributed by atoms with van der Waals surface area (Å²) in [5, 5.41) is 11.0. The largest absolute Gasteiger partial charge is 0.374 e. The Morgan fingerprint density at radius 3 is 2.19 bits per heavy atom. The summed E-state index contributed by atoms with van der Waals surface area (Å²) in [5.41, 5.74) is -1.57. The van der Waals surface area contributed by atoms with Gasteiger partial charge in [0.25, 0.3) is 0 Å². The van der Waals surface area contributed by atoms with E-state index in [0.717, 1.165) is 11.6 Å². The minimum Gasteiger partial charge on any atom is -0.374 e. The maximum Gasteiger partial charge on any atom is 0.196 e. The molecular formula is C21H30O5. The van der Waals surface area contributed by atoms with E-state index in [1.54, 1.807) is 12.2 Å². The quantitative estimate of drug-likeness (QED) is 0.407. The number of aliphatic hydroxyl groups is 1. The molecule has 0 amide bonds. The van der Waals surface area contributed by atoms with Crippen molar-refractivity contribution in [2.24, 2.45) is 23.7 Å². The van der Waals surface area contributed by atoms with Gasteiger partial charge >= 0.3 is 0 Å². The van der Waals surface area contributed by atoms with Gasteiger partial charge in [-0.1, -0.05) is 45.4 Å². The maximum absolute atomic E-state index is 12.8. The molecule has 1 aliphatic rings. The number of Topliss-reactive ketones (excluding diaryl/α,β-unsaturated/α-hetero) is 3. The highest BCUT2D eigenvalue weighted by Crippen LogP contribution is 2.39. The second-order valence-electron chi connectivity index (χ2n) is 8.07. The van der Waals surface area contributed by atoms with E-state index in [2.05, 4.69) is 0 Å². The first-order valence-electron chi connectivity index (χ1n) is 9.12. The van der Waals surface area contributed by atoms with Gasteiger partial charge in [-0.05, 0) is 38.2 Å². The fourth-order valence-electron chi connectivity index (χ4n) is 3.09. The van der Waals surface area contributed by atoms with Crippen molar-refractivity contribution in [1.29, 1.82) is 0 Å². The topological polar surface area (TPSA) is 88.5 Å². The van der Waals surface area contributed by atoms with E-state index >= 15 is 0 Å². The lowest BCUT2D eigenvalue weighted by molar-refractivity contribution is -0.151. The lowest BCUT2D eigenvalue weighted by atomic mass is 9.82. The van der Waals surface area contributed by atoms with Crippen LogP contribution in [-0.2, 0) is 19.2 Å². The summed E-state index contributed by atoms with van der Waals surface area (Å²) >= 11 is 0. The zero-order valence-electron chi connectivity index (χ0n) is 16.5. The molecule has 0 aromatic heterocycles. The van der Waals surface area contributed by atoms with Crippen LogP contribution in [0.2, 0.25) is 0 Å². The number of carbonyl (C=O) groups is 4. The maximum atomic E-state index is 12.8. The van der Waals surface area contributed by atoms with Gasteiger partial charge in [0.15, 0.2) is 28.7 Å². The van der Waals surface area contributed by atoms with Gasteiger partial charge in [-0.2, -0.15) is 0 Å². The third kappa shape index (κ3) is 4.64. The van der Waals surface area contributed by atoms with Gasteiger partial charge in [0.1, 0.15) is 5.92 Å². The summed E-state index contributed by atoms with van der Waals surface area (Å²) in [4.78, 5) is 50.7. The molecule has 0 heterocycles. The molecule has 0 aromatic carbocycles. The molecule has 0 spiro atoms. The van der Waals surface area contributed by atoms with Crippen molar-refractivity contribution in [2.75, 3.05) is 0 Å². The Labute approximate surface area is 155 Å². The van der Waals surface area contributed by atoms with Crippen molar-refractivity contribution < 1.29 is 24.3 Å². The summed E-state index contributed by atoms with van der Waals surface area (Å²) in [7, 11) is 0. The number of rotatable bonds is 8. The van der Waals surface area contributed by atoms with Crippen LogP contribution in [-0.4, -0.2) is 33.8 Å². The zero-order chi connectivity index (χ0) is 20.2. The van der Waals surface area contributed by atoms with Crippen LogP contribution in [0.4, 0.5) is 0 Å². The minimum atomic E-state index is -2.47. The third-order valence-corrected chi connectivity index (χ3v) is 4.47. The van der Waals surface area contributed by atoms with E-state index < -0.39 is 40.6 Å². The molecule has 1 rings (SSSR count). The van der Waals surface area contributed by atoms with E-state index in [9.17, 15) is 24.3 Å². The van der Waals surface area contributed by atoms with E-state index in [1.165, 1.54) is 0 Å². The minimum absolute atomic E-state index is 0.0236. The molecule has 1 aliphatic carbocycles. The highest BCUT2D eigenvalue weighted by atomic mass is 16.3. The Balaban J connectivity index is 3.35. The standard InChI is InChI=1S/C21H30O5/c1-12(2)7-9-15-19(24)18(16(22)11-14(5)6)20(25)21(15,26)17(23)10-8-13(3)4/h7-8,10,13-15,18,26H,9,11H2,1-6H3/b10-8+/t15-,18?,21?/m1/s1. The van der Waals surface area contributed by atoms with Crippen LogP contribution in [0.15, 0.2) is 23.8 Å². The fraction of sp³-hybridized carbons (Fsp3) is 0.619. The van der Waals surface area contributed by atoms with Gasteiger partial charge in [0, 0.05) is 6.42 Å². The van der Waals surface area contributed by atoms with Crippen molar-refractivity contribution in [3.8, 4) is 0 Å². The summed E-state index contributed by atoms with van der Waals surface area (Å²) < 4.78 is 0. The van der Waals surface area contributed by atoms with Gasteiger partial charge in [0.05, 0.1) is 5.92 Å². The average molecular weight is 362 g/mol. The monoisotopic (exact) mass is 362 g/mol. The first-order chi connectivity index (χ1) is 11.9. The highest BCUT2D eigenvalue weighted by Gasteiger charge is 2.63. The van der Waals surface area contributed by atoms with Crippen LogP contribution in [0.1, 0.15) is 54.4 Å². The molecule has 1 fully saturated rings. The number of allylic oxidation sites excluding steroid dienone is 3. The van der Waals surface area contributed by atoms with Crippen LogP contribution in [0, 0.1) is 23.7 Å². The molecule has 1 N–H and O–H groups in total. The Morgan fingerprint density at radius 1 is 1.15 bits per heavy atom. The van der Waals surface area contributed by atoms with Gasteiger partial charge in [-0.15, -0.1) is 0 Å². The van der Waals surface area contributed by atoms with Gasteiger partial charge in [-0.3, -0.25) is 19.2 Å². The van der Waals surface area contributed by atoms with Gasteiger partial charge < -0.3 is 5.11 Å². The zero-order valence-corrected chi connectivity index (χ0v) is 16.5. The first-order valence-corrected chi connectivity index (χ1v) is 9.12. The van der Waals surface area contributed by atoms with Gasteiger partial charge in [0.2, 0.25) is 0 Å². The third-order valence-electron chi connectivity index (χ3n) is 4.47. The predicted octanol–water partition coefficient (Wildman–Crippen LogP) is 2.85. The number of ketones is 4. The van der Waals surface area contributed by atoms with Crippen LogP contribution < -0.4 is 0 Å². The second kappa shape index (κ2) is 8.67. The average Bonchev–Trinajstić information content (AvgIpc) is 2.69. The highest BCUT2D eigenvalue weighted by molar-refractivity contribution is 6.34. The van der Waals surface area contributed by atoms with E-state index in [0.29, 0.717) is 0 Å². The molecule has 1 saturated carbocycles. The van der Waals surface area contributed by atoms with Gasteiger partial charge in [-0.25, -0.2) is 0 Å². The first kappa shape index (κ1) is 22.2. The van der Waals surface area contributed by atoms with Crippen molar-refractivity contribution in [2.45, 2.75) is 60.0 Å². The van der Waals surface area contributed by atoms with Crippen LogP contribution in [0.3, 0.4) is 0 Å². The SMILES string of the molecule is CC(C)=CC[C@@H]1C(=O)C(C(=O)CC(C)C)C(=O)C1(O)C(=O)/C=C/C(C)C. The molecule has 0 aliphatic heterocycles. The molecule has 5 nitrogen and oxygen atoms in total. The molecule has 0 saturated heterocycles. The summed E-state index contributed by atoms with van der Waals surface area (Å²) in [5.74, 6) is -5.71. The Kier molecular flexibility index (Phi) is 7.39. The lowest BCUT2D eigenvalue weighted by Crippen LogP contribution is -2.49. The molecule has 5 heteroatoms. The normalized spacial score (nSPS) is 26.2. The molecule has 0 radical (unpaired) electrons. The van der Waals surface area contributed by atoms with Crippen molar-refractivity contribution in [3.05, 3.63) is 23.8 Å². The molecule has 2 unspecified atom stereocenters. The van der Waals surface area contributed by atoms with Crippen molar-refractivity contribution in [3.63, 3.8) is 0 Å². The van der Waals surface area contributed by atoms with Crippen molar-refractivity contribution in [1.82, 2.24) is 0 Å². The molecule has 0 aromatic rings. The van der Waals surface area contributed by atoms with E-state index in [1.807, 2.05) is 41.5 Å². The Hall–Kier alpha value is -1.88. The fourth-order valence-corrected chi connectivity index (χ4v) is 3.09. The Morgan fingerprint density at radius 2 is 1.73 bits per heavy atom. The smallest absolute Gasteiger partial charge is 0.196 e. The number of hydrogen-bond donors (Lipinski definition) is 1. The summed E-state index contributed by atoms with van der Waals surface area (Å²) in [6.45, 7) is 11.0. The van der Waals surface area contributed by atoms with Crippen LogP contribution in [0.5, 0.6) is 0 Å². The lowest BCUT2D eigenvalue weighted by Gasteiger charge is -2.24. The predicted molar refractivity (Wildman–Crippen MR) is 99.4 cm³/mol. The summed E-state index contributed by atoms with van der Waals surface area (Å²) in [6, 6.07) is 0. The van der Waals surface area contributed by atoms with E-state index in [4.69, 9.17) is 0 Å². The van der Waals surface area contributed by atoms with Crippen LogP contribution in [0.25, 0.3) is 0 Å². The Bertz CT molecular complexity index is 649. The molecule has 3 atom stereocenters. The van der Waals surface area contributed by atoms with Crippen molar-refractivity contribution >= 4 is 23.1 Å². The number of carbonyl (C=O) groups excluding carboxylic acids is 4. The molecule has 0 bridgehead atoms. The number of hydrogen-bond acceptors (Lipinski definition) is 5. The van der Waals surface area contributed by atoms with E-state index in [-0.39, 0.29) is 24.7 Å². The second-order valence-corrected chi connectivity index (χ2v) is 8.07. The molecule has 144 valence electrons. The summed E-state index contributed by atoms with van der Waals surface area (Å²) in [6.07, 6.45) is 4.54. The van der Waals surface area contributed by atoms with Crippen LogP contribution >= 0.6 is 0 Å².